The Morgan fingerprint density at radius 2 is 1.79 bits per heavy atom. The highest BCUT2D eigenvalue weighted by Crippen LogP contribution is 2.31. The van der Waals surface area contributed by atoms with Gasteiger partial charge in [-0.3, -0.25) is 9.69 Å². The van der Waals surface area contributed by atoms with Gasteiger partial charge < -0.3 is 10.1 Å². The van der Waals surface area contributed by atoms with Crippen LogP contribution in [0.5, 0.6) is 5.75 Å². The largest absolute Gasteiger partial charge is 0.496 e. The number of nitrogens with one attached hydrogen (secondary N) is 1. The molecule has 5 nitrogen and oxygen atoms in total. The molecule has 1 N–H and O–H groups in total. The number of hydrogen-bond donors (Lipinski definition) is 1. The molecular formula is C22H17BrN2O3. The Labute approximate surface area is 170 Å². The van der Waals surface area contributed by atoms with E-state index in [0.717, 1.165) is 26.4 Å². The molecule has 0 spiro atoms. The molecule has 0 saturated carbocycles. The predicted molar refractivity (Wildman–Crippen MR) is 112 cm³/mol. The van der Waals surface area contributed by atoms with Gasteiger partial charge in [-0.2, -0.15) is 0 Å². The zero-order valence-electron chi connectivity index (χ0n) is 15.1. The molecule has 0 unspecified atom stereocenters. The first-order valence-corrected chi connectivity index (χ1v) is 9.51. The van der Waals surface area contributed by atoms with Gasteiger partial charge in [-0.1, -0.05) is 58.4 Å². The molecule has 140 valence electrons. The number of ether oxygens (including phenoxy) is 1. The number of carbonyl (C=O) groups excluding carboxylic acids is 2. The lowest BCUT2D eigenvalue weighted by atomic mass is 10.0. The van der Waals surface area contributed by atoms with Crippen molar-refractivity contribution < 1.29 is 14.3 Å². The first-order valence-electron chi connectivity index (χ1n) is 8.71. The number of urea groups is 1. The fourth-order valence-corrected chi connectivity index (χ4v) is 3.50. The zero-order chi connectivity index (χ0) is 19.7. The van der Waals surface area contributed by atoms with E-state index < -0.39 is 6.03 Å². The normalized spacial score (nSPS) is 15.4. The van der Waals surface area contributed by atoms with Gasteiger partial charge in [0.15, 0.2) is 0 Å². The minimum absolute atomic E-state index is 0.210. The molecule has 3 aromatic rings. The van der Waals surface area contributed by atoms with Crippen LogP contribution in [0.25, 0.3) is 16.8 Å². The fourth-order valence-electron chi connectivity index (χ4n) is 3.23. The quantitative estimate of drug-likeness (QED) is 0.476. The molecule has 1 aliphatic heterocycles. The van der Waals surface area contributed by atoms with Crippen molar-refractivity contribution in [2.45, 2.75) is 6.54 Å². The number of methoxy groups -OCH3 is 1. The maximum absolute atomic E-state index is 12.9. The van der Waals surface area contributed by atoms with Crippen LogP contribution >= 0.6 is 15.9 Å². The van der Waals surface area contributed by atoms with Gasteiger partial charge in [-0.25, -0.2) is 4.79 Å². The molecule has 4 rings (SSSR count). The SMILES string of the molecule is COc1ccc2ccccc2c1/C=C1/NC(=O)N(Cc2ccc(Br)cc2)C1=O. The Balaban J connectivity index is 1.70. The lowest BCUT2D eigenvalue weighted by molar-refractivity contribution is -0.123. The Kier molecular flexibility index (Phi) is 4.88. The number of fused-ring (bicyclic) bond motifs is 1. The summed E-state index contributed by atoms with van der Waals surface area (Å²) in [6, 6.07) is 18.7. The molecule has 1 heterocycles. The van der Waals surface area contributed by atoms with Crippen molar-refractivity contribution in [1.82, 2.24) is 10.2 Å². The second-order valence-electron chi connectivity index (χ2n) is 6.41. The Morgan fingerprint density at radius 3 is 2.54 bits per heavy atom. The number of rotatable bonds is 4. The molecule has 3 aromatic carbocycles. The van der Waals surface area contributed by atoms with Gasteiger partial charge in [-0.05, 0) is 40.6 Å². The zero-order valence-corrected chi connectivity index (χ0v) is 16.7. The lowest BCUT2D eigenvalue weighted by Crippen LogP contribution is -2.30. The number of carbonyl (C=O) groups is 2. The van der Waals surface area contributed by atoms with Gasteiger partial charge in [-0.15, -0.1) is 0 Å². The molecular weight excluding hydrogens is 420 g/mol. The molecule has 1 saturated heterocycles. The van der Waals surface area contributed by atoms with E-state index in [1.807, 2.05) is 60.7 Å². The van der Waals surface area contributed by atoms with Crippen LogP contribution in [0.15, 0.2) is 70.8 Å². The van der Waals surface area contributed by atoms with Gasteiger partial charge >= 0.3 is 6.03 Å². The number of hydrogen-bond acceptors (Lipinski definition) is 3. The van der Waals surface area contributed by atoms with Crippen molar-refractivity contribution in [1.29, 1.82) is 0 Å². The van der Waals surface area contributed by atoms with E-state index in [9.17, 15) is 9.59 Å². The molecule has 0 bridgehead atoms. The highest BCUT2D eigenvalue weighted by Gasteiger charge is 2.33. The maximum Gasteiger partial charge on any atom is 0.329 e. The van der Waals surface area contributed by atoms with Crippen molar-refractivity contribution in [3.8, 4) is 5.75 Å². The highest BCUT2D eigenvalue weighted by atomic mass is 79.9. The average Bonchev–Trinajstić information content (AvgIpc) is 2.97. The van der Waals surface area contributed by atoms with Crippen LogP contribution in [0.4, 0.5) is 4.79 Å². The molecule has 0 aromatic heterocycles. The maximum atomic E-state index is 12.9. The summed E-state index contributed by atoms with van der Waals surface area (Å²) in [5.41, 5.74) is 1.86. The average molecular weight is 437 g/mol. The fraction of sp³-hybridized carbons (Fsp3) is 0.0909. The summed E-state index contributed by atoms with van der Waals surface area (Å²) in [5, 5.41) is 4.66. The highest BCUT2D eigenvalue weighted by molar-refractivity contribution is 9.10. The van der Waals surface area contributed by atoms with Gasteiger partial charge in [0.2, 0.25) is 0 Å². The van der Waals surface area contributed by atoms with E-state index in [2.05, 4.69) is 21.2 Å². The van der Waals surface area contributed by atoms with Gasteiger partial charge in [0, 0.05) is 10.0 Å². The number of benzene rings is 3. The van der Waals surface area contributed by atoms with E-state index in [0.29, 0.717) is 5.75 Å². The molecule has 28 heavy (non-hydrogen) atoms. The lowest BCUT2D eigenvalue weighted by Gasteiger charge is -2.12. The van der Waals surface area contributed by atoms with Crippen molar-refractivity contribution in [3.05, 3.63) is 82.0 Å². The second kappa shape index (κ2) is 7.48. The molecule has 6 heteroatoms. The molecule has 1 fully saturated rings. The van der Waals surface area contributed by atoms with E-state index in [-0.39, 0.29) is 18.1 Å². The summed E-state index contributed by atoms with van der Waals surface area (Å²) < 4.78 is 6.41. The van der Waals surface area contributed by atoms with Gasteiger partial charge in [0.25, 0.3) is 5.91 Å². The van der Waals surface area contributed by atoms with Crippen LogP contribution in [0.3, 0.4) is 0 Å². The minimum Gasteiger partial charge on any atom is -0.496 e. The van der Waals surface area contributed by atoms with Crippen LogP contribution in [-0.4, -0.2) is 23.9 Å². The number of amides is 3. The third kappa shape index (κ3) is 3.39. The summed E-state index contributed by atoms with van der Waals surface area (Å²) in [6.07, 6.45) is 1.68. The number of halogens is 1. The van der Waals surface area contributed by atoms with Gasteiger partial charge in [0.05, 0.1) is 13.7 Å². The number of nitrogens with zero attached hydrogens (tertiary/aromatic N) is 1. The van der Waals surface area contributed by atoms with Crippen LogP contribution in [0.2, 0.25) is 0 Å². The summed E-state index contributed by atoms with van der Waals surface area (Å²) >= 11 is 3.38. The molecule has 0 aliphatic carbocycles. The first-order chi connectivity index (χ1) is 13.6. The Morgan fingerprint density at radius 1 is 1.04 bits per heavy atom. The second-order valence-corrected chi connectivity index (χ2v) is 7.32. The van der Waals surface area contributed by atoms with Crippen LogP contribution < -0.4 is 10.1 Å². The standard InChI is InChI=1S/C22H17BrN2O3/c1-28-20-11-8-15-4-2-3-5-17(15)18(20)12-19-21(26)25(22(27)24-19)13-14-6-9-16(23)10-7-14/h2-12H,13H2,1H3,(H,24,27)/b19-12+. The summed E-state index contributed by atoms with van der Waals surface area (Å²) in [6.45, 7) is 0.210. The molecule has 3 amide bonds. The van der Waals surface area contributed by atoms with Crippen molar-refractivity contribution in [2.24, 2.45) is 0 Å². The summed E-state index contributed by atoms with van der Waals surface area (Å²) in [7, 11) is 1.58. The molecule has 0 atom stereocenters. The predicted octanol–water partition coefficient (Wildman–Crippen LogP) is 4.70. The molecule has 0 radical (unpaired) electrons. The van der Waals surface area contributed by atoms with Crippen LogP contribution in [-0.2, 0) is 11.3 Å². The smallest absolute Gasteiger partial charge is 0.329 e. The van der Waals surface area contributed by atoms with E-state index in [1.165, 1.54) is 4.90 Å². The third-order valence-corrected chi connectivity index (χ3v) is 5.18. The van der Waals surface area contributed by atoms with Crippen LogP contribution in [0.1, 0.15) is 11.1 Å². The van der Waals surface area contributed by atoms with Gasteiger partial charge in [0.1, 0.15) is 11.4 Å². The van der Waals surface area contributed by atoms with Crippen LogP contribution in [0, 0.1) is 0 Å². The topological polar surface area (TPSA) is 58.6 Å². The number of imide groups is 1. The molecule has 1 aliphatic rings. The monoisotopic (exact) mass is 436 g/mol. The summed E-state index contributed by atoms with van der Waals surface area (Å²) in [4.78, 5) is 26.4. The third-order valence-electron chi connectivity index (χ3n) is 4.66. The van der Waals surface area contributed by atoms with Crippen molar-refractivity contribution in [3.63, 3.8) is 0 Å². The van der Waals surface area contributed by atoms with E-state index in [1.54, 1.807) is 13.2 Å². The van der Waals surface area contributed by atoms with Crippen molar-refractivity contribution >= 4 is 44.7 Å². The Bertz CT molecular complexity index is 1110. The Hall–Kier alpha value is -3.12. The van der Waals surface area contributed by atoms with Crippen molar-refractivity contribution in [2.75, 3.05) is 7.11 Å². The van der Waals surface area contributed by atoms with E-state index in [4.69, 9.17) is 4.74 Å². The van der Waals surface area contributed by atoms with E-state index >= 15 is 0 Å². The minimum atomic E-state index is -0.432. The summed E-state index contributed by atoms with van der Waals surface area (Å²) in [5.74, 6) is 0.280. The first kappa shape index (κ1) is 18.3.